The molecule has 0 bridgehead atoms. The zero-order valence-electron chi connectivity index (χ0n) is 10.7. The van der Waals surface area contributed by atoms with E-state index in [0.29, 0.717) is 15.8 Å². The van der Waals surface area contributed by atoms with Crippen molar-refractivity contribution in [3.8, 4) is 5.75 Å². The van der Waals surface area contributed by atoms with Gasteiger partial charge in [0.1, 0.15) is 12.4 Å². The van der Waals surface area contributed by atoms with Gasteiger partial charge in [0.15, 0.2) is 0 Å². The quantitative estimate of drug-likeness (QED) is 0.370. The van der Waals surface area contributed by atoms with Gasteiger partial charge in [-0.3, -0.25) is 13.6 Å². The standard InChI is InChI=1S/C11H14Cl3O5P/c1-16-20(15,18-5-4-12)19-7-6-17-11-3-2-9(13)8-10(11)14/h2-3,8H,4-7H2,1H3. The molecule has 0 aliphatic carbocycles. The van der Waals surface area contributed by atoms with Crippen LogP contribution in [-0.4, -0.2) is 32.8 Å². The van der Waals surface area contributed by atoms with E-state index in [-0.39, 0.29) is 25.7 Å². The summed E-state index contributed by atoms with van der Waals surface area (Å²) < 4.78 is 31.8. The van der Waals surface area contributed by atoms with Crippen LogP contribution in [0.4, 0.5) is 0 Å². The Morgan fingerprint density at radius 3 is 2.45 bits per heavy atom. The fourth-order valence-electron chi connectivity index (χ4n) is 1.18. The van der Waals surface area contributed by atoms with Gasteiger partial charge < -0.3 is 4.74 Å². The van der Waals surface area contributed by atoms with Gasteiger partial charge in [-0.05, 0) is 18.2 Å². The van der Waals surface area contributed by atoms with Gasteiger partial charge >= 0.3 is 7.82 Å². The van der Waals surface area contributed by atoms with Crippen LogP contribution in [-0.2, 0) is 18.1 Å². The molecule has 1 atom stereocenters. The molecule has 0 aliphatic rings. The Balaban J connectivity index is 2.38. The molecule has 9 heteroatoms. The zero-order chi connectivity index (χ0) is 15.0. The van der Waals surface area contributed by atoms with Gasteiger partial charge in [0.25, 0.3) is 0 Å². The highest BCUT2D eigenvalue weighted by atomic mass is 35.5. The molecule has 1 aromatic rings. The van der Waals surface area contributed by atoms with E-state index in [2.05, 4.69) is 4.52 Å². The molecule has 0 amide bonds. The van der Waals surface area contributed by atoms with Crippen molar-refractivity contribution in [2.45, 2.75) is 0 Å². The molecule has 1 unspecified atom stereocenters. The molecule has 114 valence electrons. The zero-order valence-corrected chi connectivity index (χ0v) is 13.8. The van der Waals surface area contributed by atoms with Gasteiger partial charge in [-0.15, -0.1) is 11.6 Å². The summed E-state index contributed by atoms with van der Waals surface area (Å²) in [5, 5.41) is 0.891. The second-order valence-electron chi connectivity index (χ2n) is 3.41. The van der Waals surface area contributed by atoms with Crippen LogP contribution < -0.4 is 4.74 Å². The third kappa shape index (κ3) is 6.19. The van der Waals surface area contributed by atoms with Crippen molar-refractivity contribution in [2.24, 2.45) is 0 Å². The molecule has 0 fully saturated rings. The van der Waals surface area contributed by atoms with E-state index in [1.54, 1.807) is 18.2 Å². The number of hydrogen-bond acceptors (Lipinski definition) is 5. The molecule has 0 aromatic heterocycles. The molecular formula is C11H14Cl3O5P. The van der Waals surface area contributed by atoms with Crippen LogP contribution in [0.1, 0.15) is 0 Å². The Labute approximate surface area is 132 Å². The highest BCUT2D eigenvalue weighted by Crippen LogP contribution is 2.48. The maximum atomic E-state index is 11.8. The van der Waals surface area contributed by atoms with Crippen molar-refractivity contribution in [1.82, 2.24) is 0 Å². The molecular weight excluding hydrogens is 349 g/mol. The monoisotopic (exact) mass is 362 g/mol. The van der Waals surface area contributed by atoms with E-state index in [0.717, 1.165) is 0 Å². The molecule has 0 heterocycles. The number of alkyl halides is 1. The van der Waals surface area contributed by atoms with E-state index in [4.69, 9.17) is 48.6 Å². The first-order valence-corrected chi connectivity index (χ1v) is 8.34. The normalized spacial score (nSPS) is 14.0. The van der Waals surface area contributed by atoms with Crippen molar-refractivity contribution >= 4 is 42.6 Å². The fraction of sp³-hybridized carbons (Fsp3) is 0.455. The van der Waals surface area contributed by atoms with Crippen LogP contribution in [0.25, 0.3) is 0 Å². The van der Waals surface area contributed by atoms with Crippen LogP contribution in [0.5, 0.6) is 5.75 Å². The number of rotatable bonds is 9. The molecule has 20 heavy (non-hydrogen) atoms. The predicted octanol–water partition coefficient (Wildman–Crippen LogP) is 4.40. The highest BCUT2D eigenvalue weighted by molar-refractivity contribution is 7.48. The summed E-state index contributed by atoms with van der Waals surface area (Å²) in [6, 6.07) is 4.83. The topological polar surface area (TPSA) is 54.0 Å². The van der Waals surface area contributed by atoms with Gasteiger partial charge in [-0.25, -0.2) is 4.57 Å². The van der Waals surface area contributed by atoms with E-state index < -0.39 is 7.82 Å². The van der Waals surface area contributed by atoms with Gasteiger partial charge in [0, 0.05) is 18.0 Å². The van der Waals surface area contributed by atoms with Crippen LogP contribution in [0.2, 0.25) is 10.0 Å². The van der Waals surface area contributed by atoms with Crippen molar-refractivity contribution in [3.63, 3.8) is 0 Å². The van der Waals surface area contributed by atoms with E-state index in [1.807, 2.05) is 0 Å². The lowest BCUT2D eigenvalue weighted by molar-refractivity contribution is 0.119. The van der Waals surface area contributed by atoms with Crippen LogP contribution in [0.3, 0.4) is 0 Å². The Bertz CT molecular complexity index is 471. The van der Waals surface area contributed by atoms with E-state index in [9.17, 15) is 4.57 Å². The van der Waals surface area contributed by atoms with E-state index >= 15 is 0 Å². The summed E-state index contributed by atoms with van der Waals surface area (Å²) in [6.45, 7) is 0.196. The van der Waals surface area contributed by atoms with Crippen molar-refractivity contribution < 1.29 is 22.9 Å². The first kappa shape index (κ1) is 18.1. The number of phosphoric acid groups is 1. The lowest BCUT2D eigenvalue weighted by Crippen LogP contribution is -2.08. The first-order chi connectivity index (χ1) is 9.50. The molecule has 1 aromatic carbocycles. The number of ether oxygens (including phenoxy) is 1. The molecule has 0 radical (unpaired) electrons. The van der Waals surface area contributed by atoms with Crippen molar-refractivity contribution in [3.05, 3.63) is 28.2 Å². The lowest BCUT2D eigenvalue weighted by Gasteiger charge is -2.15. The summed E-state index contributed by atoms with van der Waals surface area (Å²) in [6.07, 6.45) is 0. The number of halogens is 3. The maximum Gasteiger partial charge on any atom is 0.474 e. The Morgan fingerprint density at radius 1 is 1.15 bits per heavy atom. The van der Waals surface area contributed by atoms with Crippen molar-refractivity contribution in [2.75, 3.05) is 32.8 Å². The minimum atomic E-state index is -3.58. The van der Waals surface area contributed by atoms with E-state index in [1.165, 1.54) is 7.11 Å². The molecule has 0 saturated carbocycles. The second-order valence-corrected chi connectivity index (χ2v) is 6.41. The summed E-state index contributed by atoms with van der Waals surface area (Å²) in [7, 11) is -2.35. The third-order valence-electron chi connectivity index (χ3n) is 2.03. The van der Waals surface area contributed by atoms with Gasteiger partial charge in [-0.2, -0.15) is 0 Å². The summed E-state index contributed by atoms with van der Waals surface area (Å²) in [5.41, 5.74) is 0. The Kier molecular flexibility index (Phi) is 8.22. The average Bonchev–Trinajstić information content (AvgIpc) is 2.43. The number of phosphoric ester groups is 1. The SMILES string of the molecule is COP(=O)(OCCCl)OCCOc1ccc(Cl)cc1Cl. The third-order valence-corrected chi connectivity index (χ3v) is 4.16. The van der Waals surface area contributed by atoms with Crippen LogP contribution >= 0.6 is 42.6 Å². The van der Waals surface area contributed by atoms with Gasteiger partial charge in [0.2, 0.25) is 0 Å². The second kappa shape index (κ2) is 9.11. The summed E-state index contributed by atoms with van der Waals surface area (Å²) in [5.74, 6) is 0.640. The smallest absolute Gasteiger partial charge is 0.474 e. The predicted molar refractivity (Wildman–Crippen MR) is 79.2 cm³/mol. The van der Waals surface area contributed by atoms with Crippen molar-refractivity contribution in [1.29, 1.82) is 0 Å². The molecule has 0 aliphatic heterocycles. The average molecular weight is 364 g/mol. The minimum absolute atomic E-state index is 0.00631. The molecule has 0 N–H and O–H groups in total. The Hall–Kier alpha value is -0.000000000000000111. The molecule has 0 saturated heterocycles. The van der Waals surface area contributed by atoms with Gasteiger partial charge in [0.05, 0.1) is 18.2 Å². The summed E-state index contributed by atoms with van der Waals surface area (Å²) in [4.78, 5) is 0. The molecule has 5 nitrogen and oxygen atoms in total. The first-order valence-electron chi connectivity index (χ1n) is 5.59. The number of benzene rings is 1. The minimum Gasteiger partial charge on any atom is -0.490 e. The summed E-state index contributed by atoms with van der Waals surface area (Å²) >= 11 is 17.1. The van der Waals surface area contributed by atoms with Crippen LogP contribution in [0.15, 0.2) is 18.2 Å². The lowest BCUT2D eigenvalue weighted by atomic mass is 10.3. The number of hydrogen-bond donors (Lipinski definition) is 0. The molecule has 1 rings (SSSR count). The van der Waals surface area contributed by atoms with Gasteiger partial charge in [-0.1, -0.05) is 23.2 Å². The largest absolute Gasteiger partial charge is 0.490 e. The fourth-order valence-corrected chi connectivity index (χ4v) is 2.73. The maximum absolute atomic E-state index is 11.8. The highest BCUT2D eigenvalue weighted by Gasteiger charge is 2.24. The van der Waals surface area contributed by atoms with Crippen LogP contribution in [0, 0.1) is 0 Å². The Morgan fingerprint density at radius 2 is 1.85 bits per heavy atom. The molecule has 0 spiro atoms.